The lowest BCUT2D eigenvalue weighted by molar-refractivity contribution is -0.134. The molecule has 0 unspecified atom stereocenters. The molecule has 1 aliphatic rings. The number of aryl methyl sites for hydroxylation is 1. The lowest BCUT2D eigenvalue weighted by Crippen LogP contribution is -2.50. The summed E-state index contributed by atoms with van der Waals surface area (Å²) in [6, 6.07) is 13.2. The van der Waals surface area contributed by atoms with Gasteiger partial charge in [-0.15, -0.1) is 0 Å². The molecule has 1 saturated heterocycles. The number of H-pyrrole nitrogens is 1. The van der Waals surface area contributed by atoms with Gasteiger partial charge < -0.3 is 37.7 Å². The average molecular weight is 713 g/mol. The van der Waals surface area contributed by atoms with Crippen molar-refractivity contribution in [1.29, 1.82) is 0 Å². The number of aromatic amines is 1. The highest BCUT2D eigenvalue weighted by molar-refractivity contribution is 8.00. The van der Waals surface area contributed by atoms with Gasteiger partial charge in [0, 0.05) is 60.9 Å². The van der Waals surface area contributed by atoms with E-state index < -0.39 is 17.2 Å². The number of hydrogen-bond donors (Lipinski definition) is 6. The highest BCUT2D eigenvalue weighted by Gasteiger charge is 2.30. The van der Waals surface area contributed by atoms with Gasteiger partial charge in [-0.05, 0) is 104 Å². The Morgan fingerprint density at radius 1 is 1.10 bits per heavy atom. The van der Waals surface area contributed by atoms with E-state index in [0.29, 0.717) is 80.1 Å². The molecule has 12 nitrogen and oxygen atoms in total. The summed E-state index contributed by atoms with van der Waals surface area (Å²) in [7, 11) is 0. The summed E-state index contributed by atoms with van der Waals surface area (Å²) in [5.41, 5.74) is 15.2. The number of carbonyl (C=O) groups is 1. The Labute approximate surface area is 292 Å². The van der Waals surface area contributed by atoms with Gasteiger partial charge >= 0.3 is 11.2 Å². The molecule has 1 fully saturated rings. The molecule has 16 heteroatoms. The van der Waals surface area contributed by atoms with Gasteiger partial charge in [0.05, 0.1) is 5.69 Å². The number of amides is 1. The molecule has 2 aromatic carbocycles. The molecule has 3 heterocycles. The monoisotopic (exact) mass is 712 g/mol. The minimum Gasteiger partial charge on any atom is -0.370 e. The fourth-order valence-electron chi connectivity index (χ4n) is 5.89. The third-order valence-electron chi connectivity index (χ3n) is 8.30. The van der Waals surface area contributed by atoms with E-state index in [1.54, 1.807) is 42.6 Å². The van der Waals surface area contributed by atoms with Gasteiger partial charge in [-0.1, -0.05) is 12.1 Å². The van der Waals surface area contributed by atoms with Crippen LogP contribution in [0.3, 0.4) is 0 Å². The Hall–Kier alpha value is -4.38. The van der Waals surface area contributed by atoms with Crippen LogP contribution in [0.4, 0.5) is 13.2 Å². The zero-order valence-electron chi connectivity index (χ0n) is 27.8. The number of carbonyl (C=O) groups excluding carboxylic acids is 1. The smallest absolute Gasteiger partial charge is 0.370 e. The minimum atomic E-state index is -4.44. The van der Waals surface area contributed by atoms with Gasteiger partial charge in [-0.25, -0.2) is 4.79 Å². The van der Waals surface area contributed by atoms with E-state index in [-0.39, 0.29) is 34.6 Å². The molecule has 0 saturated carbocycles. The number of aromatic nitrogens is 3. The first-order valence-electron chi connectivity index (χ1n) is 16.5. The molecule has 50 heavy (non-hydrogen) atoms. The summed E-state index contributed by atoms with van der Waals surface area (Å²) in [6.07, 6.45) is 4.34. The number of thioether (sulfide) groups is 1. The van der Waals surface area contributed by atoms with E-state index in [1.807, 2.05) is 17.9 Å². The van der Waals surface area contributed by atoms with Gasteiger partial charge in [0.2, 0.25) is 5.91 Å². The first kappa shape index (κ1) is 36.9. The number of piperazine rings is 1. The molecule has 0 bridgehead atoms. The van der Waals surface area contributed by atoms with E-state index in [0.717, 1.165) is 24.0 Å². The van der Waals surface area contributed by atoms with Crippen LogP contribution >= 0.6 is 11.8 Å². The van der Waals surface area contributed by atoms with Gasteiger partial charge in [-0.2, -0.15) is 18.2 Å². The number of halogens is 3. The summed E-state index contributed by atoms with van der Waals surface area (Å²) in [4.78, 5) is 40.0. The van der Waals surface area contributed by atoms with Crippen molar-refractivity contribution in [3.05, 3.63) is 76.3 Å². The molecule has 268 valence electrons. The standard InChI is InChI=1S/C34H43F3N10O2S/c1-21(38)4-2-5-22-16-24(18-27(17-22)50-34(35,36)37)28-19-25-20-47(33(49)45-30(25)44-28)26-8-6-23(7-9-26)29(42-10-3-11-43-32(39)40)31(48)46-14-12-41-13-15-46/h6-9,16-21,29,41-42H,2-5,10-15,38H2,1H3,(H4,39,40,43)(H,44,45,49)/t21-,29+/m0/s1. The predicted molar refractivity (Wildman–Crippen MR) is 191 cm³/mol. The summed E-state index contributed by atoms with van der Waals surface area (Å²) in [6.45, 7) is 5.46. The maximum absolute atomic E-state index is 13.6. The predicted octanol–water partition coefficient (Wildman–Crippen LogP) is 3.39. The number of fused-ring (bicyclic) bond motifs is 1. The summed E-state index contributed by atoms with van der Waals surface area (Å²) < 4.78 is 41.4. The molecule has 5 rings (SSSR count). The zero-order chi connectivity index (χ0) is 35.8. The van der Waals surface area contributed by atoms with Crippen LogP contribution in [0.15, 0.2) is 69.4 Å². The van der Waals surface area contributed by atoms with E-state index in [9.17, 15) is 22.8 Å². The van der Waals surface area contributed by atoms with Crippen molar-refractivity contribution >= 4 is 34.7 Å². The molecule has 4 aromatic rings. The number of hydrogen-bond acceptors (Lipinski definition) is 8. The molecule has 1 amide bonds. The lowest BCUT2D eigenvalue weighted by Gasteiger charge is -2.31. The van der Waals surface area contributed by atoms with Crippen molar-refractivity contribution in [1.82, 2.24) is 30.1 Å². The van der Waals surface area contributed by atoms with Crippen molar-refractivity contribution in [2.75, 3.05) is 39.3 Å². The van der Waals surface area contributed by atoms with Crippen LogP contribution in [0.2, 0.25) is 0 Å². The van der Waals surface area contributed by atoms with Gasteiger partial charge in [0.1, 0.15) is 11.7 Å². The fourth-order valence-corrected chi connectivity index (χ4v) is 6.56. The van der Waals surface area contributed by atoms with Crippen LogP contribution in [-0.2, 0) is 11.2 Å². The van der Waals surface area contributed by atoms with Crippen molar-refractivity contribution in [2.45, 2.75) is 55.1 Å². The molecule has 9 N–H and O–H groups in total. The normalized spacial score (nSPS) is 14.9. The van der Waals surface area contributed by atoms with Crippen LogP contribution in [0.1, 0.15) is 43.4 Å². The van der Waals surface area contributed by atoms with Crippen LogP contribution in [-0.4, -0.2) is 82.1 Å². The highest BCUT2D eigenvalue weighted by atomic mass is 32.2. The van der Waals surface area contributed by atoms with E-state index in [1.165, 1.54) is 10.6 Å². The number of aliphatic imine (C=N–C) groups is 1. The molecular weight excluding hydrogens is 670 g/mol. The second kappa shape index (κ2) is 16.6. The first-order chi connectivity index (χ1) is 23.9. The molecule has 0 aliphatic carbocycles. The summed E-state index contributed by atoms with van der Waals surface area (Å²) in [5.74, 6) is -0.0315. The Morgan fingerprint density at radius 2 is 1.84 bits per heavy atom. The Morgan fingerprint density at radius 3 is 2.52 bits per heavy atom. The van der Waals surface area contributed by atoms with Crippen molar-refractivity contribution in [2.24, 2.45) is 22.2 Å². The minimum absolute atomic E-state index is 0.00281. The Bertz CT molecular complexity index is 1850. The van der Waals surface area contributed by atoms with Gasteiger partial charge in [0.15, 0.2) is 5.96 Å². The highest BCUT2D eigenvalue weighted by Crippen LogP contribution is 2.39. The van der Waals surface area contributed by atoms with Crippen LogP contribution in [0.25, 0.3) is 28.0 Å². The summed E-state index contributed by atoms with van der Waals surface area (Å²) in [5, 5.41) is 7.20. The molecular formula is C34H43F3N10O2S. The summed E-state index contributed by atoms with van der Waals surface area (Å²) >= 11 is -0.161. The number of guanidine groups is 1. The number of benzene rings is 2. The number of alkyl halides is 3. The topological polar surface area (TPSA) is 185 Å². The SMILES string of the molecule is C[C@H](N)CCCc1cc(SC(F)(F)F)cc(-c2cc3cn(-c4ccc([C@@H](NCCCN=C(N)N)C(=O)N5CCNCC5)cc4)c(=O)nc3[nH]2)c1. The average Bonchev–Trinajstić information content (AvgIpc) is 3.48. The lowest BCUT2D eigenvalue weighted by atomic mass is 10.0. The maximum atomic E-state index is 13.6. The number of nitrogens with two attached hydrogens (primary N) is 3. The Kier molecular flexibility index (Phi) is 12.2. The third kappa shape index (κ3) is 10.1. The van der Waals surface area contributed by atoms with Gasteiger partial charge in [-0.3, -0.25) is 14.4 Å². The quantitative estimate of drug-likeness (QED) is 0.0494. The Balaban J connectivity index is 1.40. The van der Waals surface area contributed by atoms with Crippen LogP contribution in [0, 0.1) is 0 Å². The fraction of sp³-hybridized carbons (Fsp3) is 0.412. The number of nitrogens with zero attached hydrogens (tertiary/aromatic N) is 4. The molecule has 2 aromatic heterocycles. The largest absolute Gasteiger partial charge is 0.446 e. The van der Waals surface area contributed by atoms with Crippen molar-refractivity contribution in [3.63, 3.8) is 0 Å². The van der Waals surface area contributed by atoms with Crippen molar-refractivity contribution < 1.29 is 18.0 Å². The second-order valence-corrected chi connectivity index (χ2v) is 13.5. The maximum Gasteiger partial charge on any atom is 0.446 e. The molecule has 1 aliphatic heterocycles. The van der Waals surface area contributed by atoms with Gasteiger partial charge in [0.25, 0.3) is 0 Å². The third-order valence-corrected chi connectivity index (χ3v) is 9.00. The number of rotatable bonds is 14. The van der Waals surface area contributed by atoms with Crippen LogP contribution < -0.4 is 33.5 Å². The molecule has 0 radical (unpaired) electrons. The molecule has 0 spiro atoms. The first-order valence-corrected chi connectivity index (χ1v) is 17.3. The zero-order valence-corrected chi connectivity index (χ0v) is 28.6. The van der Waals surface area contributed by atoms with E-state index in [2.05, 4.69) is 25.6 Å². The van der Waals surface area contributed by atoms with Crippen molar-refractivity contribution in [3.8, 4) is 16.9 Å². The van der Waals surface area contributed by atoms with E-state index in [4.69, 9.17) is 17.2 Å². The second-order valence-electron chi connectivity index (χ2n) is 12.4. The number of nitrogens with one attached hydrogen (secondary N) is 3. The van der Waals surface area contributed by atoms with Crippen LogP contribution in [0.5, 0.6) is 0 Å². The van der Waals surface area contributed by atoms with E-state index >= 15 is 0 Å². The molecule has 2 atom stereocenters.